The van der Waals surface area contributed by atoms with Crippen LogP contribution in [-0.4, -0.2) is 65.7 Å². The lowest BCUT2D eigenvalue weighted by Crippen LogP contribution is -2.41. The Balaban J connectivity index is 1.41. The Morgan fingerprint density at radius 3 is 2.26 bits per heavy atom. The van der Waals surface area contributed by atoms with Gasteiger partial charge in [0.1, 0.15) is 12.6 Å². The highest BCUT2D eigenvalue weighted by Gasteiger charge is 2.29. The summed E-state index contributed by atoms with van der Waals surface area (Å²) in [6.45, 7) is 2.07. The van der Waals surface area contributed by atoms with Crippen LogP contribution in [0.2, 0.25) is 0 Å². The number of hydrogen-bond donors (Lipinski definition) is 2. The molecule has 2 aromatic rings. The molecule has 7 nitrogen and oxygen atoms in total. The number of benzene rings is 2. The summed E-state index contributed by atoms with van der Waals surface area (Å²) in [5.74, 6) is -0.623. The van der Waals surface area contributed by atoms with Crippen LogP contribution in [0.5, 0.6) is 0 Å². The number of carbonyl (C=O) groups is 3. The molecule has 3 rings (SSSR count). The highest BCUT2D eigenvalue weighted by molar-refractivity contribution is 7.99. The fraction of sp³-hybridized carbons (Fsp3) is 0.348. The summed E-state index contributed by atoms with van der Waals surface area (Å²) in [4.78, 5) is 36.2. The van der Waals surface area contributed by atoms with Crippen molar-refractivity contribution >= 4 is 29.7 Å². The van der Waals surface area contributed by atoms with E-state index in [0.717, 1.165) is 11.1 Å². The van der Waals surface area contributed by atoms with Crippen molar-refractivity contribution < 1.29 is 24.2 Å². The van der Waals surface area contributed by atoms with Crippen LogP contribution >= 0.6 is 11.8 Å². The van der Waals surface area contributed by atoms with Gasteiger partial charge in [-0.1, -0.05) is 48.5 Å². The number of thioether (sulfide) groups is 1. The molecule has 0 aliphatic heterocycles. The molecule has 2 aromatic carbocycles. The molecular formula is C23H26N2O5S. The first kappa shape index (κ1) is 22.7. The summed E-state index contributed by atoms with van der Waals surface area (Å²) in [5, 5.41) is 11.6. The molecule has 1 aliphatic carbocycles. The lowest BCUT2D eigenvalue weighted by atomic mass is 9.98. The molecule has 0 unspecified atom stereocenters. The predicted molar refractivity (Wildman–Crippen MR) is 120 cm³/mol. The average Bonchev–Trinajstić information content (AvgIpc) is 3.10. The Bertz CT molecular complexity index is 919. The second-order valence-corrected chi connectivity index (χ2v) is 8.43. The largest absolute Gasteiger partial charge is 0.480 e. The van der Waals surface area contributed by atoms with Crippen LogP contribution < -0.4 is 5.32 Å². The second kappa shape index (κ2) is 10.3. The van der Waals surface area contributed by atoms with Gasteiger partial charge in [-0.3, -0.25) is 4.79 Å². The lowest BCUT2D eigenvalue weighted by molar-refractivity contribution is -0.147. The fourth-order valence-corrected chi connectivity index (χ4v) is 4.29. The van der Waals surface area contributed by atoms with Crippen molar-refractivity contribution in [2.75, 3.05) is 31.7 Å². The summed E-state index contributed by atoms with van der Waals surface area (Å²) < 4.78 is 5.46. The van der Waals surface area contributed by atoms with E-state index in [2.05, 4.69) is 29.6 Å². The topological polar surface area (TPSA) is 95.9 Å². The summed E-state index contributed by atoms with van der Waals surface area (Å²) in [5.41, 5.74) is 4.67. The third-order valence-corrected chi connectivity index (χ3v) is 6.36. The van der Waals surface area contributed by atoms with E-state index in [9.17, 15) is 14.4 Å². The van der Waals surface area contributed by atoms with E-state index in [-0.39, 0.29) is 24.2 Å². The molecular weight excluding hydrogens is 416 g/mol. The average molecular weight is 443 g/mol. The Hall–Kier alpha value is -3.00. The minimum absolute atomic E-state index is 0.0110. The van der Waals surface area contributed by atoms with Gasteiger partial charge in [0.15, 0.2) is 0 Å². The van der Waals surface area contributed by atoms with Crippen molar-refractivity contribution in [3.8, 4) is 11.1 Å². The van der Waals surface area contributed by atoms with Crippen LogP contribution in [0.3, 0.4) is 0 Å². The molecule has 0 radical (unpaired) electrons. The molecule has 0 saturated heterocycles. The van der Waals surface area contributed by atoms with Gasteiger partial charge in [0, 0.05) is 25.3 Å². The minimum Gasteiger partial charge on any atom is -0.480 e. The number of alkyl carbamates (subject to hydrolysis) is 1. The van der Waals surface area contributed by atoms with E-state index >= 15 is 0 Å². The van der Waals surface area contributed by atoms with Crippen LogP contribution in [0.1, 0.15) is 24.0 Å². The quantitative estimate of drug-likeness (QED) is 0.579. The van der Waals surface area contributed by atoms with Gasteiger partial charge in [-0.2, -0.15) is 11.8 Å². The maximum absolute atomic E-state index is 12.1. The molecule has 0 bridgehead atoms. The molecule has 2 N–H and O–H groups in total. The van der Waals surface area contributed by atoms with Gasteiger partial charge in [-0.25, -0.2) is 9.59 Å². The van der Waals surface area contributed by atoms with E-state index in [1.807, 2.05) is 24.3 Å². The van der Waals surface area contributed by atoms with Crippen LogP contribution in [0.4, 0.5) is 4.79 Å². The number of aliphatic carboxylic acids is 1. The Morgan fingerprint density at radius 1 is 1.10 bits per heavy atom. The number of rotatable bonds is 9. The van der Waals surface area contributed by atoms with Crippen molar-refractivity contribution in [1.29, 1.82) is 0 Å². The number of amides is 2. The van der Waals surface area contributed by atoms with E-state index in [0.29, 0.717) is 12.3 Å². The van der Waals surface area contributed by atoms with Gasteiger partial charge < -0.3 is 20.1 Å². The number of carboxylic acid groups (broad SMARTS) is 1. The Labute approximate surface area is 185 Å². The van der Waals surface area contributed by atoms with Crippen LogP contribution in [0, 0.1) is 0 Å². The number of nitrogens with zero attached hydrogens (tertiary/aromatic N) is 1. The highest BCUT2D eigenvalue weighted by atomic mass is 32.2. The SMILES string of the molecule is C[C@@H](C(=O)O)N(C)C(=O)CSCCNC(=O)OCC1c2ccccc2-c2ccccc21. The van der Waals surface area contributed by atoms with Crippen molar-refractivity contribution in [2.45, 2.75) is 18.9 Å². The van der Waals surface area contributed by atoms with Crippen LogP contribution in [-0.2, 0) is 14.3 Å². The van der Waals surface area contributed by atoms with Crippen LogP contribution in [0.25, 0.3) is 11.1 Å². The molecule has 0 aromatic heterocycles. The summed E-state index contributed by atoms with van der Waals surface area (Å²) >= 11 is 1.33. The summed E-state index contributed by atoms with van der Waals surface area (Å²) in [7, 11) is 1.47. The summed E-state index contributed by atoms with van der Waals surface area (Å²) in [6, 6.07) is 15.4. The first-order chi connectivity index (χ1) is 14.9. The van der Waals surface area contributed by atoms with Gasteiger partial charge in [-0.15, -0.1) is 0 Å². The molecule has 31 heavy (non-hydrogen) atoms. The number of nitrogens with one attached hydrogen (secondary N) is 1. The molecule has 0 heterocycles. The molecule has 2 amide bonds. The zero-order valence-corrected chi connectivity index (χ0v) is 18.4. The smallest absolute Gasteiger partial charge is 0.407 e. The molecule has 1 aliphatic rings. The molecule has 0 fully saturated rings. The van der Waals surface area contributed by atoms with E-state index in [1.54, 1.807) is 0 Å². The molecule has 1 atom stereocenters. The van der Waals surface area contributed by atoms with Gasteiger partial charge in [0.2, 0.25) is 5.91 Å². The Kier molecular flexibility index (Phi) is 7.57. The highest BCUT2D eigenvalue weighted by Crippen LogP contribution is 2.44. The molecule has 0 spiro atoms. The number of fused-ring (bicyclic) bond motifs is 3. The first-order valence-corrected chi connectivity index (χ1v) is 11.2. The number of carboxylic acids is 1. The monoisotopic (exact) mass is 442 g/mol. The lowest BCUT2D eigenvalue weighted by Gasteiger charge is -2.21. The zero-order valence-electron chi connectivity index (χ0n) is 17.5. The summed E-state index contributed by atoms with van der Waals surface area (Å²) in [6.07, 6.45) is -0.495. The maximum atomic E-state index is 12.1. The van der Waals surface area contributed by atoms with E-state index in [4.69, 9.17) is 9.84 Å². The van der Waals surface area contributed by atoms with Crippen molar-refractivity contribution in [2.24, 2.45) is 0 Å². The van der Waals surface area contributed by atoms with Crippen LogP contribution in [0.15, 0.2) is 48.5 Å². The van der Waals surface area contributed by atoms with Crippen molar-refractivity contribution in [3.63, 3.8) is 0 Å². The van der Waals surface area contributed by atoms with Gasteiger partial charge in [0.05, 0.1) is 5.75 Å². The normalized spacial score (nSPS) is 13.1. The molecule has 8 heteroatoms. The van der Waals surface area contributed by atoms with Crippen molar-refractivity contribution in [3.05, 3.63) is 59.7 Å². The number of likely N-dealkylation sites (N-methyl/N-ethyl adjacent to an activating group) is 1. The third kappa shape index (κ3) is 5.38. The Morgan fingerprint density at radius 2 is 1.68 bits per heavy atom. The third-order valence-electron chi connectivity index (χ3n) is 5.42. The standard InChI is InChI=1S/C23H26N2O5S/c1-15(22(27)28)25(2)21(26)14-31-12-11-24-23(29)30-13-20-18-9-5-3-7-16(18)17-8-4-6-10-19(17)20/h3-10,15,20H,11-14H2,1-2H3,(H,24,29)(H,27,28)/t15-/m0/s1. The molecule has 164 valence electrons. The molecule has 0 saturated carbocycles. The van der Waals surface area contributed by atoms with Gasteiger partial charge >= 0.3 is 12.1 Å². The number of ether oxygens (including phenoxy) is 1. The van der Waals surface area contributed by atoms with E-state index in [1.165, 1.54) is 41.8 Å². The predicted octanol–water partition coefficient (Wildman–Crippen LogP) is 3.19. The van der Waals surface area contributed by atoms with Gasteiger partial charge in [0.25, 0.3) is 0 Å². The second-order valence-electron chi connectivity index (χ2n) is 7.32. The first-order valence-electron chi connectivity index (χ1n) is 10.0. The van der Waals surface area contributed by atoms with Crippen molar-refractivity contribution in [1.82, 2.24) is 10.2 Å². The van der Waals surface area contributed by atoms with Gasteiger partial charge in [-0.05, 0) is 29.2 Å². The number of carbonyl (C=O) groups excluding carboxylic acids is 2. The maximum Gasteiger partial charge on any atom is 0.407 e. The number of hydrogen-bond acceptors (Lipinski definition) is 5. The zero-order chi connectivity index (χ0) is 22.4. The fourth-order valence-electron chi connectivity index (χ4n) is 3.52. The minimum atomic E-state index is -1.04. The van der Waals surface area contributed by atoms with E-state index < -0.39 is 18.1 Å².